The lowest BCUT2D eigenvalue weighted by molar-refractivity contribution is -0.117. The van der Waals surface area contributed by atoms with Gasteiger partial charge in [-0.3, -0.25) is 4.79 Å². The molecule has 0 aliphatic carbocycles. The topological polar surface area (TPSA) is 87.5 Å². The van der Waals surface area contributed by atoms with E-state index in [9.17, 15) is 9.59 Å². The van der Waals surface area contributed by atoms with E-state index in [-0.39, 0.29) is 5.91 Å². The number of nitrogens with two attached hydrogens (primary N) is 1. The standard InChI is InChI=1S/C20H26N4O2S/c1-24(14-15-6-4-3-5-7-15)17-10-8-16(9-11-17)22-19(25)18(12-13-27-2)23-20(21)26/h3-11,18H,12-14H2,1-2H3,(H,22,25)(H3,21,23,26). The third-order valence-corrected chi connectivity index (χ3v) is 4.73. The summed E-state index contributed by atoms with van der Waals surface area (Å²) in [4.78, 5) is 25.7. The van der Waals surface area contributed by atoms with Crippen molar-refractivity contribution in [1.82, 2.24) is 5.32 Å². The third-order valence-electron chi connectivity index (χ3n) is 4.08. The molecule has 0 saturated heterocycles. The molecule has 0 spiro atoms. The molecule has 1 atom stereocenters. The van der Waals surface area contributed by atoms with Crippen molar-refractivity contribution in [3.63, 3.8) is 0 Å². The number of hydrogen-bond donors (Lipinski definition) is 3. The number of nitrogens with one attached hydrogen (secondary N) is 2. The second-order valence-electron chi connectivity index (χ2n) is 6.22. The molecule has 2 aromatic rings. The smallest absolute Gasteiger partial charge is 0.312 e. The lowest BCUT2D eigenvalue weighted by atomic mass is 10.2. The van der Waals surface area contributed by atoms with Gasteiger partial charge in [0, 0.05) is 25.0 Å². The molecule has 144 valence electrons. The molecule has 2 aromatic carbocycles. The van der Waals surface area contributed by atoms with E-state index in [1.54, 1.807) is 11.8 Å². The van der Waals surface area contributed by atoms with Crippen molar-refractivity contribution in [2.45, 2.75) is 19.0 Å². The summed E-state index contributed by atoms with van der Waals surface area (Å²) in [6.45, 7) is 0.797. The number of hydrogen-bond acceptors (Lipinski definition) is 4. The predicted molar refractivity (Wildman–Crippen MR) is 113 cm³/mol. The van der Waals surface area contributed by atoms with E-state index in [0.29, 0.717) is 12.1 Å². The maximum absolute atomic E-state index is 12.4. The normalized spacial score (nSPS) is 11.5. The Morgan fingerprint density at radius 2 is 1.78 bits per heavy atom. The van der Waals surface area contributed by atoms with Gasteiger partial charge in [0.2, 0.25) is 5.91 Å². The first-order chi connectivity index (χ1) is 13.0. The largest absolute Gasteiger partial charge is 0.370 e. The van der Waals surface area contributed by atoms with Crippen LogP contribution in [-0.2, 0) is 11.3 Å². The van der Waals surface area contributed by atoms with Crippen molar-refractivity contribution in [2.75, 3.05) is 29.3 Å². The van der Waals surface area contributed by atoms with Crippen molar-refractivity contribution in [3.05, 3.63) is 60.2 Å². The monoisotopic (exact) mass is 386 g/mol. The SMILES string of the molecule is CSCCC(NC(N)=O)C(=O)Nc1ccc(N(C)Cc2ccccc2)cc1. The minimum absolute atomic E-state index is 0.270. The number of urea groups is 1. The average Bonchev–Trinajstić information content (AvgIpc) is 2.66. The summed E-state index contributed by atoms with van der Waals surface area (Å²) in [7, 11) is 2.02. The molecule has 2 rings (SSSR count). The zero-order valence-corrected chi connectivity index (χ0v) is 16.5. The molecule has 6 nitrogen and oxygen atoms in total. The first-order valence-corrected chi connectivity index (χ1v) is 10.1. The van der Waals surface area contributed by atoms with Gasteiger partial charge in [-0.25, -0.2) is 4.79 Å². The average molecular weight is 387 g/mol. The van der Waals surface area contributed by atoms with Crippen LogP contribution >= 0.6 is 11.8 Å². The number of nitrogens with zero attached hydrogens (tertiary/aromatic N) is 1. The number of primary amides is 1. The van der Waals surface area contributed by atoms with Crippen LogP contribution in [-0.4, -0.2) is 37.0 Å². The lowest BCUT2D eigenvalue weighted by Crippen LogP contribution is -2.46. The zero-order valence-electron chi connectivity index (χ0n) is 15.6. The number of carbonyl (C=O) groups excluding carboxylic acids is 2. The van der Waals surface area contributed by atoms with Crippen LogP contribution in [0.5, 0.6) is 0 Å². The van der Waals surface area contributed by atoms with Crippen LogP contribution in [0.1, 0.15) is 12.0 Å². The number of amides is 3. The zero-order chi connectivity index (χ0) is 19.6. The summed E-state index contributed by atoms with van der Waals surface area (Å²) in [5.41, 5.74) is 8.12. The number of benzene rings is 2. The van der Waals surface area contributed by atoms with Crippen LogP contribution in [0.4, 0.5) is 16.2 Å². The number of rotatable bonds is 9. The van der Waals surface area contributed by atoms with Gasteiger partial charge in [-0.05, 0) is 48.3 Å². The second-order valence-corrected chi connectivity index (χ2v) is 7.21. The first kappa shape index (κ1) is 20.6. The second kappa shape index (κ2) is 10.5. The molecule has 7 heteroatoms. The summed E-state index contributed by atoms with van der Waals surface area (Å²) < 4.78 is 0. The highest BCUT2D eigenvalue weighted by Gasteiger charge is 2.19. The molecule has 0 aliphatic heterocycles. The highest BCUT2D eigenvalue weighted by molar-refractivity contribution is 7.98. The van der Waals surface area contributed by atoms with Crippen LogP contribution < -0.4 is 21.3 Å². The van der Waals surface area contributed by atoms with Crippen molar-refractivity contribution in [3.8, 4) is 0 Å². The molecule has 27 heavy (non-hydrogen) atoms. The van der Waals surface area contributed by atoms with E-state index in [4.69, 9.17) is 5.73 Å². The number of thioether (sulfide) groups is 1. The van der Waals surface area contributed by atoms with Gasteiger partial charge in [-0.15, -0.1) is 0 Å². The molecule has 0 radical (unpaired) electrons. The minimum atomic E-state index is -0.700. The highest BCUT2D eigenvalue weighted by atomic mass is 32.2. The van der Waals surface area contributed by atoms with Gasteiger partial charge in [0.25, 0.3) is 0 Å². The van der Waals surface area contributed by atoms with E-state index in [2.05, 4.69) is 27.7 Å². The maximum atomic E-state index is 12.4. The molecule has 0 fully saturated rings. The van der Waals surface area contributed by atoms with Crippen LogP contribution in [0.3, 0.4) is 0 Å². The Morgan fingerprint density at radius 3 is 2.37 bits per heavy atom. The fourth-order valence-electron chi connectivity index (χ4n) is 2.65. The summed E-state index contributed by atoms with van der Waals surface area (Å²) in [6.07, 6.45) is 2.47. The molecule has 0 aromatic heterocycles. The summed E-state index contributed by atoms with van der Waals surface area (Å²) in [6, 6.07) is 16.5. The molecule has 0 heterocycles. The predicted octanol–water partition coefficient (Wildman–Crippen LogP) is 3.05. The highest BCUT2D eigenvalue weighted by Crippen LogP contribution is 2.19. The van der Waals surface area contributed by atoms with Gasteiger partial charge >= 0.3 is 6.03 Å². The third kappa shape index (κ3) is 6.86. The lowest BCUT2D eigenvalue weighted by Gasteiger charge is -2.20. The van der Waals surface area contributed by atoms with E-state index >= 15 is 0 Å². The van der Waals surface area contributed by atoms with Gasteiger partial charge in [0.15, 0.2) is 0 Å². The van der Waals surface area contributed by atoms with Gasteiger partial charge in [-0.1, -0.05) is 30.3 Å². The van der Waals surface area contributed by atoms with E-state index in [1.165, 1.54) is 5.56 Å². The molecule has 1 unspecified atom stereocenters. The van der Waals surface area contributed by atoms with Crippen LogP contribution in [0.25, 0.3) is 0 Å². The van der Waals surface area contributed by atoms with Crippen LogP contribution in [0.15, 0.2) is 54.6 Å². The number of carbonyl (C=O) groups is 2. The van der Waals surface area contributed by atoms with E-state index in [1.807, 2.05) is 55.8 Å². The fraction of sp³-hybridized carbons (Fsp3) is 0.300. The van der Waals surface area contributed by atoms with Gasteiger partial charge in [-0.2, -0.15) is 11.8 Å². The van der Waals surface area contributed by atoms with Crippen molar-refractivity contribution < 1.29 is 9.59 Å². The molecule has 0 aliphatic rings. The Morgan fingerprint density at radius 1 is 1.11 bits per heavy atom. The van der Waals surface area contributed by atoms with Crippen molar-refractivity contribution >= 4 is 35.1 Å². The van der Waals surface area contributed by atoms with Crippen LogP contribution in [0.2, 0.25) is 0 Å². The first-order valence-electron chi connectivity index (χ1n) is 8.70. The van der Waals surface area contributed by atoms with Gasteiger partial charge in [0.05, 0.1) is 0 Å². The Hall–Kier alpha value is -2.67. The van der Waals surface area contributed by atoms with Crippen molar-refractivity contribution in [2.24, 2.45) is 5.73 Å². The fourth-order valence-corrected chi connectivity index (χ4v) is 3.12. The molecule has 0 bridgehead atoms. The Balaban J connectivity index is 1.97. The maximum Gasteiger partial charge on any atom is 0.312 e. The van der Waals surface area contributed by atoms with Gasteiger partial charge < -0.3 is 21.3 Å². The van der Waals surface area contributed by atoms with Crippen molar-refractivity contribution in [1.29, 1.82) is 0 Å². The molecule has 3 amide bonds. The Labute approximate surface area is 164 Å². The Kier molecular flexibility index (Phi) is 8.00. The summed E-state index contributed by atoms with van der Waals surface area (Å²) in [5, 5.41) is 5.33. The quantitative estimate of drug-likeness (QED) is 0.618. The molecule has 4 N–H and O–H groups in total. The summed E-state index contributed by atoms with van der Waals surface area (Å²) >= 11 is 1.61. The van der Waals surface area contributed by atoms with E-state index in [0.717, 1.165) is 18.0 Å². The van der Waals surface area contributed by atoms with Crippen LogP contribution in [0, 0.1) is 0 Å². The number of anilines is 2. The molecule has 0 saturated carbocycles. The minimum Gasteiger partial charge on any atom is -0.370 e. The van der Waals surface area contributed by atoms with Gasteiger partial charge in [0.1, 0.15) is 6.04 Å². The van der Waals surface area contributed by atoms with E-state index < -0.39 is 12.1 Å². The molecular formula is C20H26N4O2S. The summed E-state index contributed by atoms with van der Waals surface area (Å²) in [5.74, 6) is 0.481. The molecular weight excluding hydrogens is 360 g/mol. The Bertz CT molecular complexity index is 737.